The van der Waals surface area contributed by atoms with Crippen LogP contribution >= 0.6 is 0 Å². The SMILES string of the molecule is CCC(=O)OC(O)Cc1ccc(O)c(-n2nc3ccccc3n2)c1. The molecule has 3 aromatic rings. The summed E-state index contributed by atoms with van der Waals surface area (Å²) in [5.74, 6) is -0.458. The van der Waals surface area contributed by atoms with E-state index in [1.54, 1.807) is 19.1 Å². The van der Waals surface area contributed by atoms with Crippen LogP contribution in [0.2, 0.25) is 0 Å². The minimum atomic E-state index is -1.24. The third-order valence-corrected chi connectivity index (χ3v) is 3.51. The number of aliphatic hydroxyl groups is 1. The second-order valence-electron chi connectivity index (χ2n) is 5.30. The molecule has 0 spiro atoms. The van der Waals surface area contributed by atoms with Gasteiger partial charge in [-0.2, -0.15) is 0 Å². The number of aromatic hydroxyl groups is 1. The lowest BCUT2D eigenvalue weighted by Gasteiger charge is -2.12. The number of aliphatic hydroxyl groups excluding tert-OH is 1. The maximum atomic E-state index is 11.2. The van der Waals surface area contributed by atoms with Gasteiger partial charge in [-0.1, -0.05) is 25.1 Å². The number of nitrogens with zero attached hydrogens (tertiary/aromatic N) is 3. The molecule has 0 saturated heterocycles. The molecule has 0 aliphatic carbocycles. The van der Waals surface area contributed by atoms with Gasteiger partial charge in [0.1, 0.15) is 22.5 Å². The number of carbonyl (C=O) groups excluding carboxylic acids is 1. The first kappa shape index (κ1) is 15.9. The highest BCUT2D eigenvalue weighted by Crippen LogP contribution is 2.23. The van der Waals surface area contributed by atoms with Gasteiger partial charge in [0.05, 0.1) is 0 Å². The van der Waals surface area contributed by atoms with Gasteiger partial charge in [-0.3, -0.25) is 4.79 Å². The van der Waals surface area contributed by atoms with Crippen LogP contribution in [-0.2, 0) is 16.0 Å². The zero-order valence-electron chi connectivity index (χ0n) is 13.1. The Balaban J connectivity index is 1.87. The highest BCUT2D eigenvalue weighted by molar-refractivity contribution is 5.73. The van der Waals surface area contributed by atoms with Crippen LogP contribution < -0.4 is 0 Å². The number of ether oxygens (including phenoxy) is 1. The lowest BCUT2D eigenvalue weighted by atomic mass is 10.1. The fourth-order valence-electron chi connectivity index (χ4n) is 2.30. The Labute approximate surface area is 138 Å². The molecular weight excluding hydrogens is 310 g/mol. The van der Waals surface area contributed by atoms with E-state index in [1.807, 2.05) is 24.3 Å². The average Bonchev–Trinajstić information content (AvgIpc) is 3.00. The molecule has 0 radical (unpaired) electrons. The second-order valence-corrected chi connectivity index (χ2v) is 5.30. The van der Waals surface area contributed by atoms with E-state index in [4.69, 9.17) is 4.74 Å². The van der Waals surface area contributed by atoms with Gasteiger partial charge < -0.3 is 14.9 Å². The summed E-state index contributed by atoms with van der Waals surface area (Å²) in [4.78, 5) is 12.5. The summed E-state index contributed by atoms with van der Waals surface area (Å²) in [5.41, 5.74) is 2.48. The molecule has 0 fully saturated rings. The van der Waals surface area contributed by atoms with Gasteiger partial charge in [-0.05, 0) is 29.8 Å². The minimum Gasteiger partial charge on any atom is -0.506 e. The monoisotopic (exact) mass is 327 g/mol. The highest BCUT2D eigenvalue weighted by Gasteiger charge is 2.14. The summed E-state index contributed by atoms with van der Waals surface area (Å²) < 4.78 is 4.84. The molecule has 2 N–H and O–H groups in total. The van der Waals surface area contributed by atoms with Crippen molar-refractivity contribution in [2.75, 3.05) is 0 Å². The smallest absolute Gasteiger partial charge is 0.307 e. The summed E-state index contributed by atoms with van der Waals surface area (Å²) in [7, 11) is 0. The van der Waals surface area contributed by atoms with Gasteiger partial charge in [0.25, 0.3) is 0 Å². The van der Waals surface area contributed by atoms with Gasteiger partial charge in [-0.15, -0.1) is 15.0 Å². The first-order chi connectivity index (χ1) is 11.6. The van der Waals surface area contributed by atoms with Crippen LogP contribution in [-0.4, -0.2) is 37.5 Å². The van der Waals surface area contributed by atoms with Crippen molar-refractivity contribution in [2.24, 2.45) is 0 Å². The number of benzene rings is 2. The van der Waals surface area contributed by atoms with E-state index in [-0.39, 0.29) is 18.6 Å². The fraction of sp³-hybridized carbons (Fsp3) is 0.235. The molecule has 0 amide bonds. The molecule has 0 aliphatic rings. The van der Waals surface area contributed by atoms with Crippen molar-refractivity contribution in [3.05, 3.63) is 48.0 Å². The number of fused-ring (bicyclic) bond motifs is 1. The van der Waals surface area contributed by atoms with Crippen LogP contribution in [0.3, 0.4) is 0 Å². The Bertz CT molecular complexity index is 842. The van der Waals surface area contributed by atoms with E-state index in [0.717, 1.165) is 0 Å². The van der Waals surface area contributed by atoms with E-state index < -0.39 is 12.3 Å². The molecule has 0 bridgehead atoms. The maximum absolute atomic E-state index is 11.2. The molecule has 0 aliphatic heterocycles. The first-order valence-electron chi connectivity index (χ1n) is 7.58. The maximum Gasteiger partial charge on any atom is 0.307 e. The third kappa shape index (κ3) is 3.36. The van der Waals surface area contributed by atoms with Crippen molar-refractivity contribution in [1.82, 2.24) is 15.0 Å². The number of aromatic nitrogens is 3. The Kier molecular flexibility index (Phi) is 4.43. The van der Waals surface area contributed by atoms with Crippen molar-refractivity contribution in [3.63, 3.8) is 0 Å². The van der Waals surface area contributed by atoms with Crippen LogP contribution in [0, 0.1) is 0 Å². The van der Waals surface area contributed by atoms with Crippen molar-refractivity contribution in [3.8, 4) is 11.4 Å². The van der Waals surface area contributed by atoms with Crippen molar-refractivity contribution in [1.29, 1.82) is 0 Å². The molecule has 1 atom stereocenters. The Morgan fingerprint density at radius 1 is 1.21 bits per heavy atom. The molecule has 1 heterocycles. The molecule has 3 rings (SSSR count). The number of hydrogen-bond acceptors (Lipinski definition) is 6. The van der Waals surface area contributed by atoms with E-state index in [1.165, 1.54) is 10.9 Å². The zero-order valence-corrected chi connectivity index (χ0v) is 13.1. The van der Waals surface area contributed by atoms with Crippen LogP contribution in [0.1, 0.15) is 18.9 Å². The summed E-state index contributed by atoms with van der Waals surface area (Å²) in [6.07, 6.45) is -0.930. The predicted octanol–water partition coefficient (Wildman–Crippen LogP) is 1.94. The normalized spacial score (nSPS) is 12.2. The van der Waals surface area contributed by atoms with Crippen molar-refractivity contribution < 1.29 is 19.7 Å². The summed E-state index contributed by atoms with van der Waals surface area (Å²) in [6.45, 7) is 1.65. The van der Waals surface area contributed by atoms with E-state index in [0.29, 0.717) is 22.3 Å². The highest BCUT2D eigenvalue weighted by atomic mass is 16.6. The molecule has 7 nitrogen and oxygen atoms in total. The van der Waals surface area contributed by atoms with Gasteiger partial charge in [-0.25, -0.2) is 0 Å². The summed E-state index contributed by atoms with van der Waals surface area (Å²) in [6, 6.07) is 12.2. The topological polar surface area (TPSA) is 97.5 Å². The zero-order chi connectivity index (χ0) is 17.1. The predicted molar refractivity (Wildman–Crippen MR) is 86.6 cm³/mol. The van der Waals surface area contributed by atoms with Crippen LogP contribution in [0.4, 0.5) is 0 Å². The molecular formula is C17H17N3O4. The van der Waals surface area contributed by atoms with E-state index in [2.05, 4.69) is 10.2 Å². The number of hydrogen-bond donors (Lipinski definition) is 2. The Hall–Kier alpha value is -2.93. The van der Waals surface area contributed by atoms with E-state index in [9.17, 15) is 15.0 Å². The first-order valence-corrected chi connectivity index (χ1v) is 7.58. The van der Waals surface area contributed by atoms with Gasteiger partial charge >= 0.3 is 5.97 Å². The quantitative estimate of drug-likeness (QED) is 0.549. The molecule has 1 aromatic heterocycles. The van der Waals surface area contributed by atoms with Gasteiger partial charge in [0, 0.05) is 12.8 Å². The molecule has 1 unspecified atom stereocenters. The van der Waals surface area contributed by atoms with Gasteiger partial charge in [0.2, 0.25) is 6.29 Å². The molecule has 124 valence electrons. The number of esters is 1. The van der Waals surface area contributed by atoms with Crippen LogP contribution in [0.5, 0.6) is 5.75 Å². The second kappa shape index (κ2) is 6.67. The van der Waals surface area contributed by atoms with Crippen LogP contribution in [0.25, 0.3) is 16.7 Å². The number of phenolic OH excluding ortho intramolecular Hbond substituents is 1. The number of carbonyl (C=O) groups is 1. The van der Waals surface area contributed by atoms with Crippen LogP contribution in [0.15, 0.2) is 42.5 Å². The molecule has 24 heavy (non-hydrogen) atoms. The number of phenols is 1. The average molecular weight is 327 g/mol. The fourth-order valence-corrected chi connectivity index (χ4v) is 2.30. The molecule has 7 heteroatoms. The van der Waals surface area contributed by atoms with Gasteiger partial charge in [0.15, 0.2) is 0 Å². The van der Waals surface area contributed by atoms with E-state index >= 15 is 0 Å². The Morgan fingerprint density at radius 3 is 2.50 bits per heavy atom. The number of rotatable bonds is 5. The summed E-state index contributed by atoms with van der Waals surface area (Å²) >= 11 is 0. The standard InChI is InChI=1S/C17H17N3O4/c1-2-16(22)24-17(23)10-11-7-8-15(21)14(9-11)20-18-12-5-3-4-6-13(12)19-20/h3-9,17,21,23H,2,10H2,1H3. The molecule has 2 aromatic carbocycles. The molecule has 0 saturated carbocycles. The summed E-state index contributed by atoms with van der Waals surface area (Å²) in [5, 5.41) is 28.5. The Morgan fingerprint density at radius 2 is 1.88 bits per heavy atom. The largest absolute Gasteiger partial charge is 0.506 e. The lowest BCUT2D eigenvalue weighted by Crippen LogP contribution is -2.19. The lowest BCUT2D eigenvalue weighted by molar-refractivity contribution is -0.166. The van der Waals surface area contributed by atoms with Crippen molar-refractivity contribution in [2.45, 2.75) is 26.1 Å². The van der Waals surface area contributed by atoms with Crippen molar-refractivity contribution >= 4 is 17.0 Å². The third-order valence-electron chi connectivity index (χ3n) is 3.51. The minimum absolute atomic E-state index is 0.0131.